The van der Waals surface area contributed by atoms with Gasteiger partial charge in [-0.2, -0.15) is 0 Å². The molecular formula is C16H19F2NO2. The molecule has 1 saturated heterocycles. The van der Waals surface area contributed by atoms with Crippen LogP contribution in [0.1, 0.15) is 43.0 Å². The largest absolute Gasteiger partial charge is 0.339 e. The van der Waals surface area contributed by atoms with Gasteiger partial charge in [-0.25, -0.2) is 8.78 Å². The van der Waals surface area contributed by atoms with Gasteiger partial charge in [-0.15, -0.1) is 0 Å². The van der Waals surface area contributed by atoms with Crippen molar-refractivity contribution in [2.75, 3.05) is 13.1 Å². The Bertz CT molecular complexity index is 537. The summed E-state index contributed by atoms with van der Waals surface area (Å²) in [6.45, 7) is 2.78. The molecule has 0 aromatic heterocycles. The maximum absolute atomic E-state index is 13.6. The van der Waals surface area contributed by atoms with E-state index in [1.807, 2.05) is 6.92 Å². The smallest absolute Gasteiger partial charge is 0.256 e. The third-order valence-corrected chi connectivity index (χ3v) is 3.89. The molecule has 114 valence electrons. The van der Waals surface area contributed by atoms with Crippen LogP contribution >= 0.6 is 0 Å². The number of carbonyl (C=O) groups is 2. The Balaban J connectivity index is 2.00. The van der Waals surface area contributed by atoms with Gasteiger partial charge >= 0.3 is 0 Å². The van der Waals surface area contributed by atoms with Crippen molar-refractivity contribution in [1.29, 1.82) is 0 Å². The number of benzene rings is 1. The lowest BCUT2D eigenvalue weighted by Crippen LogP contribution is -2.40. The highest BCUT2D eigenvalue weighted by atomic mass is 19.1. The summed E-state index contributed by atoms with van der Waals surface area (Å²) in [5, 5.41) is 0. The summed E-state index contributed by atoms with van der Waals surface area (Å²) in [6.07, 6.45) is 2.59. The van der Waals surface area contributed by atoms with Crippen LogP contribution in [0.5, 0.6) is 0 Å². The number of nitrogens with zero attached hydrogens (tertiary/aromatic N) is 1. The number of Topliss-reactive ketones (excluding diaryl/α,β-unsaturated/α-hetero) is 1. The van der Waals surface area contributed by atoms with E-state index in [0.717, 1.165) is 24.6 Å². The number of carbonyl (C=O) groups excluding carboxylic acids is 2. The van der Waals surface area contributed by atoms with Crippen LogP contribution in [0.3, 0.4) is 0 Å². The molecule has 5 heteroatoms. The minimum Gasteiger partial charge on any atom is -0.339 e. The summed E-state index contributed by atoms with van der Waals surface area (Å²) >= 11 is 0. The molecule has 3 nitrogen and oxygen atoms in total. The predicted octanol–water partition coefficient (Wildman–Crippen LogP) is 3.19. The molecule has 1 aromatic carbocycles. The van der Waals surface area contributed by atoms with Gasteiger partial charge in [0.05, 0.1) is 5.56 Å². The molecule has 21 heavy (non-hydrogen) atoms. The fourth-order valence-corrected chi connectivity index (χ4v) is 2.69. The minimum atomic E-state index is -0.717. The maximum atomic E-state index is 13.6. The molecule has 1 aromatic rings. The molecule has 1 aliphatic heterocycles. The predicted molar refractivity (Wildman–Crippen MR) is 74.9 cm³/mol. The van der Waals surface area contributed by atoms with Crippen LogP contribution in [-0.4, -0.2) is 29.7 Å². The van der Waals surface area contributed by atoms with Crippen LogP contribution in [0.2, 0.25) is 0 Å². The Morgan fingerprint density at radius 3 is 2.52 bits per heavy atom. The first kappa shape index (κ1) is 15.6. The Hall–Kier alpha value is -1.78. The summed E-state index contributed by atoms with van der Waals surface area (Å²) in [5.41, 5.74) is -0.242. The topological polar surface area (TPSA) is 37.4 Å². The summed E-state index contributed by atoms with van der Waals surface area (Å²) in [5.74, 6) is -1.63. The summed E-state index contributed by atoms with van der Waals surface area (Å²) in [7, 11) is 0. The Morgan fingerprint density at radius 1 is 1.24 bits per heavy atom. The van der Waals surface area contributed by atoms with Crippen LogP contribution in [-0.2, 0) is 4.79 Å². The first-order valence-electron chi connectivity index (χ1n) is 7.30. The van der Waals surface area contributed by atoms with E-state index in [0.29, 0.717) is 32.4 Å². The van der Waals surface area contributed by atoms with Gasteiger partial charge < -0.3 is 4.90 Å². The van der Waals surface area contributed by atoms with E-state index in [1.54, 1.807) is 0 Å². The second kappa shape index (κ2) is 6.78. The van der Waals surface area contributed by atoms with Gasteiger partial charge in [-0.1, -0.05) is 6.92 Å². The molecule has 0 unspecified atom stereocenters. The molecule has 0 aliphatic carbocycles. The van der Waals surface area contributed by atoms with Crippen LogP contribution in [0.25, 0.3) is 0 Å². The number of ketones is 1. The van der Waals surface area contributed by atoms with E-state index >= 15 is 0 Å². The van der Waals surface area contributed by atoms with Gasteiger partial charge in [0.25, 0.3) is 5.91 Å². The zero-order chi connectivity index (χ0) is 15.4. The number of halogens is 2. The van der Waals surface area contributed by atoms with Crippen molar-refractivity contribution in [3.8, 4) is 0 Å². The second-order valence-corrected chi connectivity index (χ2v) is 5.41. The molecule has 0 bridgehead atoms. The van der Waals surface area contributed by atoms with Crippen LogP contribution in [0.4, 0.5) is 8.78 Å². The van der Waals surface area contributed by atoms with Gasteiger partial charge in [0.1, 0.15) is 17.4 Å². The van der Waals surface area contributed by atoms with Gasteiger partial charge in [0.15, 0.2) is 0 Å². The fraction of sp³-hybridized carbons (Fsp3) is 0.500. The molecule has 1 aliphatic rings. The summed E-state index contributed by atoms with van der Waals surface area (Å²) < 4.78 is 26.8. The van der Waals surface area contributed by atoms with Crippen molar-refractivity contribution in [2.45, 2.75) is 32.6 Å². The summed E-state index contributed by atoms with van der Waals surface area (Å²) in [4.78, 5) is 25.5. The molecule has 2 rings (SSSR count). The number of piperidine rings is 1. The quantitative estimate of drug-likeness (QED) is 0.855. The van der Waals surface area contributed by atoms with Gasteiger partial charge in [0.2, 0.25) is 0 Å². The lowest BCUT2D eigenvalue weighted by molar-refractivity contribution is -0.124. The molecule has 0 spiro atoms. The third kappa shape index (κ3) is 3.65. The SMILES string of the molecule is CCCC(=O)C1CCN(C(=O)c2cc(F)ccc2F)CC1. The molecule has 0 radical (unpaired) electrons. The highest BCUT2D eigenvalue weighted by molar-refractivity contribution is 5.94. The van der Waals surface area contributed by atoms with E-state index in [4.69, 9.17) is 0 Å². The Kier molecular flexibility index (Phi) is 5.04. The van der Waals surface area contributed by atoms with E-state index in [1.165, 1.54) is 4.90 Å². The highest BCUT2D eigenvalue weighted by Crippen LogP contribution is 2.22. The zero-order valence-electron chi connectivity index (χ0n) is 12.1. The number of amides is 1. The monoisotopic (exact) mass is 295 g/mol. The number of likely N-dealkylation sites (tertiary alicyclic amines) is 1. The van der Waals surface area contributed by atoms with Crippen molar-refractivity contribution in [1.82, 2.24) is 4.90 Å². The van der Waals surface area contributed by atoms with E-state index < -0.39 is 17.5 Å². The van der Waals surface area contributed by atoms with Crippen LogP contribution < -0.4 is 0 Å². The molecule has 0 N–H and O–H groups in total. The Morgan fingerprint density at radius 2 is 1.90 bits per heavy atom. The summed E-state index contributed by atoms with van der Waals surface area (Å²) in [6, 6.07) is 2.87. The molecule has 0 atom stereocenters. The normalized spacial score (nSPS) is 16.0. The van der Waals surface area contributed by atoms with Crippen molar-refractivity contribution >= 4 is 11.7 Å². The number of rotatable bonds is 4. The van der Waals surface area contributed by atoms with E-state index in [9.17, 15) is 18.4 Å². The molecule has 1 heterocycles. The molecular weight excluding hydrogens is 276 g/mol. The first-order chi connectivity index (χ1) is 10.0. The Labute approximate surface area is 122 Å². The lowest BCUT2D eigenvalue weighted by Gasteiger charge is -2.31. The molecule has 0 saturated carbocycles. The fourth-order valence-electron chi connectivity index (χ4n) is 2.69. The van der Waals surface area contributed by atoms with Crippen molar-refractivity contribution in [3.05, 3.63) is 35.4 Å². The number of hydrogen-bond acceptors (Lipinski definition) is 2. The zero-order valence-corrected chi connectivity index (χ0v) is 12.1. The van der Waals surface area contributed by atoms with Crippen LogP contribution in [0.15, 0.2) is 18.2 Å². The van der Waals surface area contributed by atoms with Crippen molar-refractivity contribution < 1.29 is 18.4 Å². The average Bonchev–Trinajstić information content (AvgIpc) is 2.49. The first-order valence-corrected chi connectivity index (χ1v) is 7.30. The van der Waals surface area contributed by atoms with Gasteiger partial charge in [-0.05, 0) is 37.5 Å². The van der Waals surface area contributed by atoms with Gasteiger partial charge in [0, 0.05) is 25.4 Å². The molecule has 1 amide bonds. The number of hydrogen-bond donors (Lipinski definition) is 0. The average molecular weight is 295 g/mol. The van der Waals surface area contributed by atoms with Crippen LogP contribution in [0, 0.1) is 17.6 Å². The van der Waals surface area contributed by atoms with E-state index in [2.05, 4.69) is 0 Å². The second-order valence-electron chi connectivity index (χ2n) is 5.41. The van der Waals surface area contributed by atoms with Crippen molar-refractivity contribution in [2.24, 2.45) is 5.92 Å². The lowest BCUT2D eigenvalue weighted by atomic mass is 9.90. The standard InChI is InChI=1S/C16H19F2NO2/c1-2-3-15(20)11-6-8-19(9-7-11)16(21)13-10-12(17)4-5-14(13)18/h4-5,10-11H,2-3,6-9H2,1H3. The van der Waals surface area contributed by atoms with Crippen molar-refractivity contribution in [3.63, 3.8) is 0 Å². The highest BCUT2D eigenvalue weighted by Gasteiger charge is 2.28. The maximum Gasteiger partial charge on any atom is 0.256 e. The van der Waals surface area contributed by atoms with E-state index in [-0.39, 0.29) is 17.3 Å². The van der Waals surface area contributed by atoms with Gasteiger partial charge in [-0.3, -0.25) is 9.59 Å². The molecule has 1 fully saturated rings. The minimum absolute atomic E-state index is 0.00800. The third-order valence-electron chi connectivity index (χ3n) is 3.89.